The molecule has 0 bridgehead atoms. The van der Waals surface area contributed by atoms with Gasteiger partial charge in [-0.3, -0.25) is 9.36 Å². The van der Waals surface area contributed by atoms with Gasteiger partial charge in [0.05, 0.1) is 6.61 Å². The number of aliphatic hydroxyl groups is 1. The summed E-state index contributed by atoms with van der Waals surface area (Å²) in [6, 6.07) is 0. The van der Waals surface area contributed by atoms with Crippen molar-refractivity contribution in [1.29, 1.82) is 0 Å². The van der Waals surface area contributed by atoms with Crippen LogP contribution in [0.1, 0.15) is 0 Å². The average molecular weight is 276 g/mol. The highest BCUT2D eigenvalue weighted by Gasteiger charge is 2.09. The summed E-state index contributed by atoms with van der Waals surface area (Å²) in [5.41, 5.74) is 0. The van der Waals surface area contributed by atoms with E-state index in [4.69, 9.17) is 10.00 Å². The van der Waals surface area contributed by atoms with E-state index in [1.54, 1.807) is 0 Å². The number of carbonyl (C=O) groups is 1. The van der Waals surface area contributed by atoms with Gasteiger partial charge in [0.15, 0.2) is 0 Å². The van der Waals surface area contributed by atoms with Gasteiger partial charge in [-0.1, -0.05) is 21.6 Å². The molecule has 90 valence electrons. The average Bonchev–Trinajstić information content (AvgIpc) is 2.20. The highest BCUT2D eigenvalue weighted by atomic mass is 33.1. The maximum atomic E-state index is 10.9. The van der Waals surface area contributed by atoms with E-state index in [1.807, 2.05) is 6.26 Å². The van der Waals surface area contributed by atoms with Crippen LogP contribution in [-0.2, 0) is 18.6 Å². The van der Waals surface area contributed by atoms with Crippen LogP contribution in [0.5, 0.6) is 0 Å². The quantitative estimate of drug-likeness (QED) is 0.371. The number of esters is 1. The van der Waals surface area contributed by atoms with Crippen LogP contribution in [0.4, 0.5) is 0 Å². The van der Waals surface area contributed by atoms with E-state index in [2.05, 4.69) is 9.26 Å². The topological polar surface area (TPSA) is 93.1 Å². The molecule has 15 heavy (non-hydrogen) atoms. The minimum atomic E-state index is -3.04. The Labute approximate surface area is 96.1 Å². The van der Waals surface area contributed by atoms with E-state index in [9.17, 15) is 9.36 Å². The Hall–Kier alpha value is 0.280. The molecule has 0 heterocycles. The molecule has 0 aliphatic rings. The van der Waals surface area contributed by atoms with E-state index in [0.29, 0.717) is 0 Å². The van der Waals surface area contributed by atoms with Crippen molar-refractivity contribution in [2.24, 2.45) is 0 Å². The highest BCUT2D eigenvalue weighted by molar-refractivity contribution is 8.76. The SMILES string of the molecule is CSSCC(=O)OC[C@@H](O)CO[PH](=O)O. The first-order chi connectivity index (χ1) is 7.06. The second-order valence-corrected chi connectivity index (χ2v) is 5.73. The maximum Gasteiger partial charge on any atom is 0.316 e. The first kappa shape index (κ1) is 15.3. The molecule has 0 aromatic rings. The lowest BCUT2D eigenvalue weighted by atomic mass is 10.4. The number of rotatable bonds is 8. The molecule has 0 saturated heterocycles. The predicted molar refractivity (Wildman–Crippen MR) is 60.1 cm³/mol. The van der Waals surface area contributed by atoms with Gasteiger partial charge in [-0.25, -0.2) is 0 Å². The lowest BCUT2D eigenvalue weighted by Gasteiger charge is -2.10. The molecular weight excluding hydrogens is 263 g/mol. The lowest BCUT2D eigenvalue weighted by molar-refractivity contribution is -0.143. The Balaban J connectivity index is 3.48. The second kappa shape index (κ2) is 9.50. The summed E-state index contributed by atoms with van der Waals surface area (Å²) < 4.78 is 19.1. The summed E-state index contributed by atoms with van der Waals surface area (Å²) >= 11 is 0. The van der Waals surface area contributed by atoms with Crippen LogP contribution < -0.4 is 0 Å². The number of ether oxygens (including phenoxy) is 1. The maximum absolute atomic E-state index is 10.9. The van der Waals surface area contributed by atoms with Gasteiger partial charge in [0.25, 0.3) is 0 Å². The van der Waals surface area contributed by atoms with Crippen molar-refractivity contribution in [3.63, 3.8) is 0 Å². The number of hydrogen-bond acceptors (Lipinski definition) is 7. The summed E-state index contributed by atoms with van der Waals surface area (Å²) in [5, 5.41) is 9.12. The zero-order chi connectivity index (χ0) is 11.7. The first-order valence-corrected chi connectivity index (χ1v) is 7.90. The van der Waals surface area contributed by atoms with Crippen molar-refractivity contribution in [2.75, 3.05) is 25.2 Å². The molecule has 0 fully saturated rings. The van der Waals surface area contributed by atoms with Gasteiger partial charge in [-0.05, 0) is 6.26 Å². The molecular formula is C6H13O6PS2. The minimum Gasteiger partial charge on any atom is -0.462 e. The van der Waals surface area contributed by atoms with Gasteiger partial charge in [0.2, 0.25) is 0 Å². The molecule has 0 aliphatic carbocycles. The van der Waals surface area contributed by atoms with Gasteiger partial charge in [-0.2, -0.15) is 0 Å². The Morgan fingerprint density at radius 3 is 2.73 bits per heavy atom. The smallest absolute Gasteiger partial charge is 0.316 e. The fraction of sp³-hybridized carbons (Fsp3) is 0.833. The van der Waals surface area contributed by atoms with E-state index < -0.39 is 20.3 Å². The summed E-state index contributed by atoms with van der Waals surface area (Å²) in [6.07, 6.45) is 0.758. The fourth-order valence-corrected chi connectivity index (χ4v) is 1.83. The van der Waals surface area contributed by atoms with E-state index in [1.165, 1.54) is 21.6 Å². The van der Waals surface area contributed by atoms with E-state index >= 15 is 0 Å². The third-order valence-electron chi connectivity index (χ3n) is 1.13. The van der Waals surface area contributed by atoms with Crippen LogP contribution >= 0.6 is 29.8 Å². The molecule has 6 nitrogen and oxygen atoms in total. The molecule has 0 radical (unpaired) electrons. The number of carbonyl (C=O) groups excluding carboxylic acids is 1. The molecule has 2 N–H and O–H groups in total. The normalized spacial score (nSPS) is 14.6. The molecule has 0 aliphatic heterocycles. The van der Waals surface area contributed by atoms with Crippen LogP contribution in [0.25, 0.3) is 0 Å². The van der Waals surface area contributed by atoms with Gasteiger partial charge in [-0.15, -0.1) is 0 Å². The number of hydrogen-bond donors (Lipinski definition) is 2. The van der Waals surface area contributed by atoms with Crippen molar-refractivity contribution >= 4 is 35.8 Å². The summed E-state index contributed by atoms with van der Waals surface area (Å²) in [7, 11) is -0.272. The van der Waals surface area contributed by atoms with Gasteiger partial charge >= 0.3 is 14.2 Å². The summed E-state index contributed by atoms with van der Waals surface area (Å²) in [5.74, 6) is -0.240. The molecule has 0 amide bonds. The lowest BCUT2D eigenvalue weighted by Crippen LogP contribution is -2.23. The molecule has 0 spiro atoms. The molecule has 0 aromatic heterocycles. The summed E-state index contributed by atoms with van der Waals surface area (Å²) in [4.78, 5) is 19.2. The van der Waals surface area contributed by atoms with Crippen molar-refractivity contribution in [3.8, 4) is 0 Å². The van der Waals surface area contributed by atoms with Crippen molar-refractivity contribution in [2.45, 2.75) is 6.10 Å². The fourth-order valence-electron chi connectivity index (χ4n) is 0.553. The van der Waals surface area contributed by atoms with Crippen molar-refractivity contribution in [1.82, 2.24) is 0 Å². The molecule has 0 saturated carbocycles. The number of aliphatic hydroxyl groups excluding tert-OH is 1. The van der Waals surface area contributed by atoms with Crippen LogP contribution in [0.3, 0.4) is 0 Å². The Bertz CT molecular complexity index is 214. The summed E-state index contributed by atoms with van der Waals surface area (Å²) in [6.45, 7) is -0.555. The van der Waals surface area contributed by atoms with E-state index in [0.717, 1.165) is 0 Å². The Kier molecular flexibility index (Phi) is 9.68. The third-order valence-corrected chi connectivity index (χ3v) is 3.19. The first-order valence-electron chi connectivity index (χ1n) is 3.91. The monoisotopic (exact) mass is 276 g/mol. The third kappa shape index (κ3) is 10.6. The zero-order valence-corrected chi connectivity index (χ0v) is 10.7. The largest absolute Gasteiger partial charge is 0.462 e. The van der Waals surface area contributed by atoms with Crippen molar-refractivity contribution in [3.05, 3.63) is 0 Å². The molecule has 2 atom stereocenters. The van der Waals surface area contributed by atoms with Gasteiger partial charge < -0.3 is 19.3 Å². The van der Waals surface area contributed by atoms with Crippen LogP contribution in [0.2, 0.25) is 0 Å². The molecule has 9 heteroatoms. The predicted octanol–water partition coefficient (Wildman–Crippen LogP) is 0.300. The van der Waals surface area contributed by atoms with Crippen LogP contribution in [0.15, 0.2) is 0 Å². The van der Waals surface area contributed by atoms with Gasteiger partial charge in [0.1, 0.15) is 18.5 Å². The van der Waals surface area contributed by atoms with Crippen LogP contribution in [0, 0.1) is 0 Å². The molecule has 1 unspecified atom stereocenters. The Morgan fingerprint density at radius 2 is 2.20 bits per heavy atom. The molecule has 0 aromatic carbocycles. The zero-order valence-electron chi connectivity index (χ0n) is 8.04. The molecule has 0 rings (SSSR count). The van der Waals surface area contributed by atoms with E-state index in [-0.39, 0.29) is 19.0 Å². The standard InChI is InChI=1S/C6H13O6PS2/c1-14-15-4-6(8)11-2-5(7)3-12-13(9)10/h5,7,13H,2-4H2,1H3,(H,9,10)/t5-/m1/s1. The second-order valence-electron chi connectivity index (χ2n) is 2.34. The van der Waals surface area contributed by atoms with Crippen LogP contribution in [-0.4, -0.2) is 47.3 Å². The minimum absolute atomic E-state index is 0.200. The highest BCUT2D eigenvalue weighted by Crippen LogP contribution is 2.16. The van der Waals surface area contributed by atoms with Gasteiger partial charge in [0, 0.05) is 0 Å². The van der Waals surface area contributed by atoms with Crippen molar-refractivity contribution < 1.29 is 28.6 Å². The Morgan fingerprint density at radius 1 is 1.53 bits per heavy atom.